The SMILES string of the molecule is Cc1cc(C)c(C2(O)C[C@H]3C[C@@H]2N([C@H](C)c2ccccc2)C3)c(C)c1. The minimum atomic E-state index is -0.714. The Bertz CT molecular complexity index is 761. The van der Waals surface area contributed by atoms with Crippen LogP contribution in [0, 0.1) is 26.7 Å². The molecule has 1 unspecified atom stereocenters. The molecular formula is C23H29NO. The minimum absolute atomic E-state index is 0.216. The lowest BCUT2D eigenvalue weighted by Gasteiger charge is -2.44. The third kappa shape index (κ3) is 2.63. The zero-order chi connectivity index (χ0) is 17.8. The monoisotopic (exact) mass is 335 g/mol. The molecule has 132 valence electrons. The smallest absolute Gasteiger partial charge is 0.106 e. The summed E-state index contributed by atoms with van der Waals surface area (Å²) in [4.78, 5) is 2.54. The van der Waals surface area contributed by atoms with E-state index in [0.717, 1.165) is 19.4 Å². The number of hydrogen-bond acceptors (Lipinski definition) is 2. The fourth-order valence-corrected chi connectivity index (χ4v) is 5.63. The maximum Gasteiger partial charge on any atom is 0.106 e. The molecule has 2 heteroatoms. The molecule has 1 aliphatic carbocycles. The Hall–Kier alpha value is -1.64. The van der Waals surface area contributed by atoms with Crippen molar-refractivity contribution in [3.63, 3.8) is 0 Å². The van der Waals surface area contributed by atoms with Crippen molar-refractivity contribution < 1.29 is 5.11 Å². The molecule has 2 aliphatic rings. The number of benzene rings is 2. The second-order valence-electron chi connectivity index (χ2n) is 8.30. The Balaban J connectivity index is 1.71. The molecule has 0 aromatic heterocycles. The quantitative estimate of drug-likeness (QED) is 0.882. The van der Waals surface area contributed by atoms with E-state index in [1.54, 1.807) is 0 Å². The lowest BCUT2D eigenvalue weighted by molar-refractivity contribution is -0.0617. The van der Waals surface area contributed by atoms with Gasteiger partial charge in [0.15, 0.2) is 0 Å². The number of hydrogen-bond donors (Lipinski definition) is 1. The molecular weight excluding hydrogens is 306 g/mol. The normalized spacial score (nSPS) is 30.0. The van der Waals surface area contributed by atoms with E-state index in [2.05, 4.69) is 75.1 Å². The summed E-state index contributed by atoms with van der Waals surface area (Å²) in [6.07, 6.45) is 2.01. The lowest BCUT2D eigenvalue weighted by Crippen LogP contribution is -2.50. The summed E-state index contributed by atoms with van der Waals surface area (Å²) in [5.74, 6) is 0.598. The molecule has 0 spiro atoms. The van der Waals surface area contributed by atoms with Gasteiger partial charge in [0, 0.05) is 18.6 Å². The van der Waals surface area contributed by atoms with Crippen LogP contribution in [0.5, 0.6) is 0 Å². The zero-order valence-electron chi connectivity index (χ0n) is 15.8. The highest BCUT2D eigenvalue weighted by atomic mass is 16.3. The van der Waals surface area contributed by atoms with Gasteiger partial charge in [-0.2, -0.15) is 0 Å². The van der Waals surface area contributed by atoms with E-state index in [0.29, 0.717) is 12.0 Å². The number of rotatable bonds is 3. The van der Waals surface area contributed by atoms with Crippen molar-refractivity contribution in [3.8, 4) is 0 Å². The summed E-state index contributed by atoms with van der Waals surface area (Å²) in [7, 11) is 0. The number of nitrogens with zero attached hydrogens (tertiary/aromatic N) is 1. The zero-order valence-corrected chi connectivity index (χ0v) is 15.8. The lowest BCUT2D eigenvalue weighted by atomic mass is 9.79. The predicted octanol–water partition coefficient (Wildman–Crippen LogP) is 4.65. The van der Waals surface area contributed by atoms with E-state index in [1.807, 2.05) is 0 Å². The van der Waals surface area contributed by atoms with Crippen molar-refractivity contribution in [2.24, 2.45) is 5.92 Å². The molecule has 2 nitrogen and oxygen atoms in total. The minimum Gasteiger partial charge on any atom is -0.383 e. The second kappa shape index (κ2) is 5.96. The third-order valence-corrected chi connectivity index (χ3v) is 6.47. The topological polar surface area (TPSA) is 23.5 Å². The van der Waals surface area contributed by atoms with Gasteiger partial charge in [-0.3, -0.25) is 4.90 Å². The van der Waals surface area contributed by atoms with Gasteiger partial charge in [-0.25, -0.2) is 0 Å². The van der Waals surface area contributed by atoms with Crippen molar-refractivity contribution in [2.75, 3.05) is 6.54 Å². The van der Waals surface area contributed by atoms with E-state index in [4.69, 9.17) is 0 Å². The molecule has 4 rings (SSSR count). The van der Waals surface area contributed by atoms with Gasteiger partial charge in [-0.1, -0.05) is 48.0 Å². The van der Waals surface area contributed by atoms with Crippen LogP contribution < -0.4 is 0 Å². The molecule has 1 saturated heterocycles. The van der Waals surface area contributed by atoms with E-state index >= 15 is 0 Å². The Morgan fingerprint density at radius 3 is 2.32 bits per heavy atom. The van der Waals surface area contributed by atoms with E-state index in [1.165, 1.54) is 27.8 Å². The van der Waals surface area contributed by atoms with Gasteiger partial charge < -0.3 is 5.11 Å². The summed E-state index contributed by atoms with van der Waals surface area (Å²) in [6.45, 7) is 9.84. The molecule has 2 bridgehead atoms. The van der Waals surface area contributed by atoms with E-state index < -0.39 is 5.60 Å². The standard InChI is InChI=1S/C23H29NO/c1-15-10-16(2)22(17(3)11-15)23(25)13-19-12-21(23)24(14-19)18(4)20-8-6-5-7-9-20/h5-11,18-19,21,25H,12-14H2,1-4H3/t18-,19-,21+,23?/m1/s1. The van der Waals surface area contributed by atoms with Crippen molar-refractivity contribution in [2.45, 2.75) is 58.2 Å². The molecule has 1 saturated carbocycles. The molecule has 4 atom stereocenters. The first-order valence-electron chi connectivity index (χ1n) is 9.51. The van der Waals surface area contributed by atoms with Crippen LogP contribution in [0.3, 0.4) is 0 Å². The summed E-state index contributed by atoms with van der Waals surface area (Å²) >= 11 is 0. The van der Waals surface area contributed by atoms with Crippen LogP contribution in [0.4, 0.5) is 0 Å². The maximum absolute atomic E-state index is 11.8. The van der Waals surface area contributed by atoms with Crippen LogP contribution in [-0.4, -0.2) is 22.6 Å². The van der Waals surface area contributed by atoms with Crippen molar-refractivity contribution in [3.05, 3.63) is 70.3 Å². The Labute approximate surface area is 151 Å². The number of aryl methyl sites for hydroxylation is 3. The summed E-state index contributed by atoms with van der Waals surface area (Å²) in [5.41, 5.74) is 5.55. The van der Waals surface area contributed by atoms with Crippen LogP contribution in [-0.2, 0) is 5.60 Å². The van der Waals surface area contributed by atoms with Gasteiger partial charge in [-0.05, 0) is 68.7 Å². The first kappa shape index (κ1) is 16.8. The van der Waals surface area contributed by atoms with E-state index in [-0.39, 0.29) is 6.04 Å². The molecule has 2 aromatic rings. The highest BCUT2D eigenvalue weighted by molar-refractivity contribution is 5.44. The number of piperidine rings is 1. The highest BCUT2D eigenvalue weighted by Gasteiger charge is 2.56. The van der Waals surface area contributed by atoms with Gasteiger partial charge in [0.1, 0.15) is 5.60 Å². The summed E-state index contributed by atoms with van der Waals surface area (Å²) in [6, 6.07) is 15.7. The van der Waals surface area contributed by atoms with Gasteiger partial charge in [-0.15, -0.1) is 0 Å². The van der Waals surface area contributed by atoms with Crippen LogP contribution in [0.25, 0.3) is 0 Å². The number of fused-ring (bicyclic) bond motifs is 2. The molecule has 0 radical (unpaired) electrons. The molecule has 1 N–H and O–H groups in total. The van der Waals surface area contributed by atoms with Crippen molar-refractivity contribution >= 4 is 0 Å². The van der Waals surface area contributed by atoms with E-state index in [9.17, 15) is 5.11 Å². The van der Waals surface area contributed by atoms with Crippen LogP contribution >= 0.6 is 0 Å². The third-order valence-electron chi connectivity index (χ3n) is 6.47. The number of likely N-dealkylation sites (tertiary alicyclic amines) is 1. The van der Waals surface area contributed by atoms with Gasteiger partial charge >= 0.3 is 0 Å². The maximum atomic E-state index is 11.8. The fourth-order valence-electron chi connectivity index (χ4n) is 5.63. The molecule has 25 heavy (non-hydrogen) atoms. The fraction of sp³-hybridized carbons (Fsp3) is 0.478. The molecule has 1 heterocycles. The molecule has 2 fully saturated rings. The van der Waals surface area contributed by atoms with Crippen molar-refractivity contribution in [1.82, 2.24) is 4.90 Å². The van der Waals surface area contributed by atoms with Gasteiger partial charge in [0.2, 0.25) is 0 Å². The first-order chi connectivity index (χ1) is 11.9. The predicted molar refractivity (Wildman–Crippen MR) is 103 cm³/mol. The van der Waals surface area contributed by atoms with Crippen LogP contribution in [0.2, 0.25) is 0 Å². The number of aliphatic hydroxyl groups is 1. The first-order valence-corrected chi connectivity index (χ1v) is 9.51. The largest absolute Gasteiger partial charge is 0.383 e. The Kier molecular flexibility index (Phi) is 4.01. The Morgan fingerprint density at radius 1 is 1.08 bits per heavy atom. The molecule has 0 amide bonds. The van der Waals surface area contributed by atoms with Crippen molar-refractivity contribution in [1.29, 1.82) is 0 Å². The highest BCUT2D eigenvalue weighted by Crippen LogP contribution is 2.53. The molecule has 1 aliphatic heterocycles. The second-order valence-corrected chi connectivity index (χ2v) is 8.30. The average molecular weight is 335 g/mol. The van der Waals surface area contributed by atoms with Gasteiger partial charge in [0.25, 0.3) is 0 Å². The van der Waals surface area contributed by atoms with Gasteiger partial charge in [0.05, 0.1) is 0 Å². The average Bonchev–Trinajstić information content (AvgIpc) is 3.11. The summed E-state index contributed by atoms with van der Waals surface area (Å²) < 4.78 is 0. The Morgan fingerprint density at radius 2 is 1.72 bits per heavy atom. The van der Waals surface area contributed by atoms with Crippen LogP contribution in [0.1, 0.15) is 53.6 Å². The summed E-state index contributed by atoms with van der Waals surface area (Å²) in [5, 5.41) is 11.8. The molecule has 2 aromatic carbocycles. The van der Waals surface area contributed by atoms with Crippen LogP contribution in [0.15, 0.2) is 42.5 Å².